The Balaban J connectivity index is 0.998. The number of allylic oxidation sites excluding steroid dienone is 2. The van der Waals surface area contributed by atoms with Gasteiger partial charge in [0.15, 0.2) is 5.78 Å². The van der Waals surface area contributed by atoms with Crippen molar-refractivity contribution >= 4 is 34.4 Å². The summed E-state index contributed by atoms with van der Waals surface area (Å²) in [5.41, 5.74) is 3.97. The molecule has 0 saturated heterocycles. The van der Waals surface area contributed by atoms with Gasteiger partial charge < -0.3 is 10.2 Å². The number of rotatable bonds is 5. The molecule has 7 heteroatoms. The average Bonchev–Trinajstić information content (AvgIpc) is 3.75. The molecule has 2 aromatic rings. The van der Waals surface area contributed by atoms with E-state index in [9.17, 15) is 15.0 Å². The molecule has 2 N–H and O–H groups in total. The number of carbonyl (C=O) groups is 1. The number of carbonyl (C=O) groups excluding carboxylic acids is 1. The van der Waals surface area contributed by atoms with Gasteiger partial charge in [-0.25, -0.2) is 4.99 Å². The van der Waals surface area contributed by atoms with Crippen LogP contribution in [0.25, 0.3) is 11.8 Å². The number of fused-ring (bicyclic) bond motifs is 6. The molecule has 238 valence electrons. The largest absolute Gasteiger partial charge is 0.393 e. The number of Topliss-reactive ketones (excluding diaryl/α,β-unsaturated/α-hetero) is 1. The van der Waals surface area contributed by atoms with E-state index in [0.29, 0.717) is 24.8 Å². The minimum absolute atomic E-state index is 0.0981. The Morgan fingerprint density at radius 3 is 2.69 bits per heavy atom. The Labute approximate surface area is 271 Å². The minimum atomic E-state index is -1.41. The molecule has 6 aliphatic rings. The first-order valence-electron chi connectivity index (χ1n) is 17.4. The topological polar surface area (TPSA) is 87.7 Å². The summed E-state index contributed by atoms with van der Waals surface area (Å²) in [7, 11) is 0. The Morgan fingerprint density at radius 1 is 1.09 bits per heavy atom. The fraction of sp³-hybridized carbons (Fsp3) is 0.605. The molecular formula is C38H47N3O3S. The molecule has 1 aromatic carbocycles. The van der Waals surface area contributed by atoms with Crippen LogP contribution >= 0.6 is 11.8 Å². The number of aliphatic hydroxyl groups is 2. The zero-order chi connectivity index (χ0) is 31.0. The van der Waals surface area contributed by atoms with Gasteiger partial charge in [0, 0.05) is 11.8 Å². The van der Waals surface area contributed by atoms with Crippen molar-refractivity contribution in [2.45, 2.75) is 109 Å². The molecule has 45 heavy (non-hydrogen) atoms. The lowest BCUT2D eigenvalue weighted by Gasteiger charge is -2.60. The highest BCUT2D eigenvalue weighted by molar-refractivity contribution is 8.14. The lowest BCUT2D eigenvalue weighted by atomic mass is 9.45. The first-order chi connectivity index (χ1) is 21.7. The lowest BCUT2D eigenvalue weighted by molar-refractivity contribution is -0.177. The van der Waals surface area contributed by atoms with Crippen LogP contribution in [0.5, 0.6) is 0 Å². The molecule has 5 aliphatic carbocycles. The molecule has 4 saturated carbocycles. The van der Waals surface area contributed by atoms with Crippen molar-refractivity contribution < 1.29 is 15.0 Å². The molecule has 0 amide bonds. The van der Waals surface area contributed by atoms with Crippen LogP contribution in [0.2, 0.25) is 0 Å². The summed E-state index contributed by atoms with van der Waals surface area (Å²) in [6.45, 7) is 4.49. The van der Waals surface area contributed by atoms with Crippen LogP contribution in [0.4, 0.5) is 0 Å². The van der Waals surface area contributed by atoms with Crippen molar-refractivity contribution in [2.75, 3.05) is 5.75 Å². The van der Waals surface area contributed by atoms with Crippen LogP contribution in [0, 0.1) is 28.6 Å². The van der Waals surface area contributed by atoms with E-state index < -0.39 is 17.1 Å². The van der Waals surface area contributed by atoms with Gasteiger partial charge in [-0.3, -0.25) is 9.48 Å². The zero-order valence-electron chi connectivity index (χ0n) is 26.8. The smallest absolute Gasteiger partial charge is 0.175 e. The number of aliphatic hydroxyl groups excluding tert-OH is 1. The third-order valence-electron chi connectivity index (χ3n) is 13.1. The summed E-state index contributed by atoms with van der Waals surface area (Å²) in [5, 5.41) is 30.1. The minimum Gasteiger partial charge on any atom is -0.393 e. The number of benzene rings is 1. The molecule has 0 bridgehead atoms. The van der Waals surface area contributed by atoms with Crippen molar-refractivity contribution in [3.05, 3.63) is 65.0 Å². The van der Waals surface area contributed by atoms with Crippen LogP contribution in [0.15, 0.2) is 53.2 Å². The zero-order valence-corrected chi connectivity index (χ0v) is 27.6. The molecule has 7 atom stereocenters. The van der Waals surface area contributed by atoms with Gasteiger partial charge in [-0.05, 0) is 91.7 Å². The van der Waals surface area contributed by atoms with Crippen molar-refractivity contribution in [1.29, 1.82) is 0 Å². The van der Waals surface area contributed by atoms with Gasteiger partial charge in [-0.1, -0.05) is 75.1 Å². The van der Waals surface area contributed by atoms with Gasteiger partial charge in [0.05, 0.1) is 40.5 Å². The quantitative estimate of drug-likeness (QED) is 0.361. The molecule has 0 spiro atoms. The van der Waals surface area contributed by atoms with Crippen LogP contribution in [-0.2, 0) is 11.2 Å². The predicted octanol–water partition coefficient (Wildman–Crippen LogP) is 7.42. The summed E-state index contributed by atoms with van der Waals surface area (Å²) in [6.07, 6.45) is 17.9. The molecule has 1 aromatic heterocycles. The second-order valence-electron chi connectivity index (χ2n) is 15.4. The van der Waals surface area contributed by atoms with Gasteiger partial charge >= 0.3 is 0 Å². The molecule has 2 heterocycles. The fourth-order valence-electron chi connectivity index (χ4n) is 10.8. The van der Waals surface area contributed by atoms with E-state index in [1.54, 1.807) is 0 Å². The van der Waals surface area contributed by atoms with E-state index in [-0.39, 0.29) is 28.8 Å². The number of hydrogen-bond acceptors (Lipinski definition) is 6. The Bertz CT molecular complexity index is 1590. The van der Waals surface area contributed by atoms with Crippen molar-refractivity contribution in [3.8, 4) is 0 Å². The number of ketones is 1. The van der Waals surface area contributed by atoms with E-state index in [2.05, 4.69) is 49.0 Å². The maximum atomic E-state index is 13.9. The van der Waals surface area contributed by atoms with Gasteiger partial charge in [-0.15, -0.1) is 11.8 Å². The number of thioether (sulfide) groups is 1. The maximum absolute atomic E-state index is 13.9. The van der Waals surface area contributed by atoms with Crippen LogP contribution in [-0.4, -0.2) is 48.3 Å². The second kappa shape index (κ2) is 11.1. The summed E-state index contributed by atoms with van der Waals surface area (Å²) < 4.78 is 2.32. The number of aliphatic imine (C=N–C) groups is 1. The first-order valence-corrected chi connectivity index (χ1v) is 18.4. The fourth-order valence-corrected chi connectivity index (χ4v) is 11.7. The SMILES string of the molecule is CC12Cc3cnn(C4CCCCC4)c3C=C1CCC1C2C(O)CC2(C)C1CC[C@]2(O)C(=O)CSC1=NC(c2ccccc2)=CC1. The average molecular weight is 626 g/mol. The lowest BCUT2D eigenvalue weighted by Crippen LogP contribution is -2.62. The van der Waals surface area contributed by atoms with Crippen molar-refractivity contribution in [3.63, 3.8) is 0 Å². The molecule has 6 nitrogen and oxygen atoms in total. The van der Waals surface area contributed by atoms with E-state index in [4.69, 9.17) is 10.1 Å². The van der Waals surface area contributed by atoms with E-state index in [1.165, 1.54) is 60.7 Å². The normalized spacial score (nSPS) is 37.6. The van der Waals surface area contributed by atoms with Crippen LogP contribution in [0.3, 0.4) is 0 Å². The molecule has 8 rings (SSSR count). The number of aromatic nitrogens is 2. The first kappa shape index (κ1) is 29.9. The molecular weight excluding hydrogens is 579 g/mol. The predicted molar refractivity (Wildman–Crippen MR) is 181 cm³/mol. The van der Waals surface area contributed by atoms with Crippen LogP contribution in [0.1, 0.15) is 107 Å². The monoisotopic (exact) mass is 625 g/mol. The summed E-state index contributed by atoms with van der Waals surface area (Å²) in [4.78, 5) is 18.7. The Morgan fingerprint density at radius 2 is 1.89 bits per heavy atom. The van der Waals surface area contributed by atoms with Crippen LogP contribution < -0.4 is 0 Å². The summed E-state index contributed by atoms with van der Waals surface area (Å²) in [5.74, 6) is 0.769. The number of nitrogens with zero attached hydrogens (tertiary/aromatic N) is 3. The standard InChI is InChI=1S/C38H47N3O3S/c1-36-20-25-22-39-41(27-11-7-4-8-12-27)31(25)19-26(36)13-14-28-29-17-18-38(44,37(29,2)21-32(42)35(28)36)33(43)23-45-34-16-15-30(40-34)24-9-5-3-6-10-24/h3,5-6,9-10,15,19,22,27-29,32,35,42,44H,4,7-8,11-14,16-18,20-21,23H2,1-2H3/t28?,29?,32?,35?,36?,37?,38-/m0/s1. The highest BCUT2D eigenvalue weighted by Gasteiger charge is 2.68. The van der Waals surface area contributed by atoms with E-state index in [1.807, 2.05) is 18.2 Å². The molecule has 6 unspecified atom stereocenters. The Kier molecular flexibility index (Phi) is 7.34. The summed E-state index contributed by atoms with van der Waals surface area (Å²) in [6, 6.07) is 10.6. The van der Waals surface area contributed by atoms with Crippen molar-refractivity contribution in [1.82, 2.24) is 9.78 Å². The molecule has 0 radical (unpaired) electrons. The van der Waals surface area contributed by atoms with Gasteiger partial charge in [0.1, 0.15) is 5.60 Å². The Hall–Kier alpha value is -2.48. The highest BCUT2D eigenvalue weighted by atomic mass is 32.2. The third kappa shape index (κ3) is 4.62. The second-order valence-corrected chi connectivity index (χ2v) is 16.4. The molecule has 1 aliphatic heterocycles. The maximum Gasteiger partial charge on any atom is 0.175 e. The number of hydrogen-bond donors (Lipinski definition) is 2. The third-order valence-corrected chi connectivity index (χ3v) is 14.1. The van der Waals surface area contributed by atoms with Crippen molar-refractivity contribution in [2.24, 2.45) is 33.6 Å². The van der Waals surface area contributed by atoms with Gasteiger partial charge in [0.25, 0.3) is 0 Å². The summed E-state index contributed by atoms with van der Waals surface area (Å²) >= 11 is 1.47. The van der Waals surface area contributed by atoms with E-state index >= 15 is 0 Å². The highest BCUT2D eigenvalue weighted by Crippen LogP contribution is 2.67. The molecule has 4 fully saturated rings. The van der Waals surface area contributed by atoms with Gasteiger partial charge in [-0.2, -0.15) is 5.10 Å². The van der Waals surface area contributed by atoms with Gasteiger partial charge in [0.2, 0.25) is 0 Å². The van der Waals surface area contributed by atoms with E-state index in [0.717, 1.165) is 48.4 Å².